The number of aromatic amines is 1. The van der Waals surface area contributed by atoms with Crippen LogP contribution in [0.4, 0.5) is 0 Å². The molecule has 0 bridgehead atoms. The Bertz CT molecular complexity index is 1480. The van der Waals surface area contributed by atoms with Gasteiger partial charge in [0.1, 0.15) is 18.1 Å². The molecular formula is C27H31N5O7. The van der Waals surface area contributed by atoms with Crippen molar-refractivity contribution in [1.29, 1.82) is 0 Å². The summed E-state index contributed by atoms with van der Waals surface area (Å²) < 4.78 is 0.767. The second-order valence-electron chi connectivity index (χ2n) is 9.30. The number of fused-ring (bicyclic) bond motifs is 1. The van der Waals surface area contributed by atoms with Crippen LogP contribution < -0.4 is 27.6 Å². The number of carboxylic acid groups (broad SMARTS) is 1. The van der Waals surface area contributed by atoms with E-state index in [-0.39, 0.29) is 11.8 Å². The summed E-state index contributed by atoms with van der Waals surface area (Å²) in [5.41, 5.74) is 4.66. The Hall–Kier alpha value is -4.74. The van der Waals surface area contributed by atoms with Crippen LogP contribution in [0.25, 0.3) is 10.9 Å². The number of aliphatic carboxylic acids is 1. The van der Waals surface area contributed by atoms with Crippen LogP contribution in [0.3, 0.4) is 0 Å². The molecule has 2 aromatic carbocycles. The monoisotopic (exact) mass is 537 g/mol. The Morgan fingerprint density at radius 3 is 2.23 bits per heavy atom. The van der Waals surface area contributed by atoms with Crippen molar-refractivity contribution in [3.8, 4) is 0 Å². The van der Waals surface area contributed by atoms with Crippen LogP contribution in [0.5, 0.6) is 0 Å². The summed E-state index contributed by atoms with van der Waals surface area (Å²) in [6.45, 7) is 3.39. The number of H-pyrrole nitrogens is 1. The highest BCUT2D eigenvalue weighted by Gasteiger charge is 2.33. The minimum Gasteiger partial charge on any atom is -0.480 e. The molecule has 6 N–H and O–H groups in total. The molecule has 12 heteroatoms. The molecule has 0 radical (unpaired) electrons. The molecule has 3 rings (SSSR count). The average molecular weight is 538 g/mol. The fraction of sp³-hybridized carbons (Fsp3) is 0.333. The summed E-state index contributed by atoms with van der Waals surface area (Å²) in [6, 6.07) is 10.7. The zero-order chi connectivity index (χ0) is 28.7. The van der Waals surface area contributed by atoms with Crippen molar-refractivity contribution in [3.05, 3.63) is 81.0 Å². The predicted octanol–water partition coefficient (Wildman–Crippen LogP) is 0.449. The average Bonchev–Trinajstić information content (AvgIpc) is 2.90. The number of aromatic nitrogens is 2. The van der Waals surface area contributed by atoms with Crippen LogP contribution in [0.15, 0.2) is 64.2 Å². The second-order valence-corrected chi connectivity index (χ2v) is 9.30. The van der Waals surface area contributed by atoms with E-state index in [4.69, 9.17) is 5.73 Å². The third-order valence-corrected chi connectivity index (χ3v) is 6.54. The summed E-state index contributed by atoms with van der Waals surface area (Å²) in [5.74, 6) is -4.49. The van der Waals surface area contributed by atoms with Gasteiger partial charge in [-0.05, 0) is 23.6 Å². The summed E-state index contributed by atoms with van der Waals surface area (Å²) in [5, 5.41) is 14.5. The summed E-state index contributed by atoms with van der Waals surface area (Å²) in [4.78, 5) is 79.1. The van der Waals surface area contributed by atoms with Gasteiger partial charge >= 0.3 is 11.7 Å². The molecule has 0 spiro atoms. The quantitative estimate of drug-likeness (QED) is 0.221. The minimum atomic E-state index is -1.55. The van der Waals surface area contributed by atoms with Crippen molar-refractivity contribution in [3.63, 3.8) is 0 Å². The van der Waals surface area contributed by atoms with E-state index < -0.39 is 65.4 Å². The van der Waals surface area contributed by atoms with E-state index in [9.17, 15) is 33.9 Å². The van der Waals surface area contributed by atoms with Gasteiger partial charge < -0.3 is 26.5 Å². The predicted molar refractivity (Wildman–Crippen MR) is 143 cm³/mol. The Labute approximate surface area is 223 Å². The molecule has 12 nitrogen and oxygen atoms in total. The van der Waals surface area contributed by atoms with Gasteiger partial charge in [-0.3, -0.25) is 19.2 Å². The lowest BCUT2D eigenvalue weighted by molar-refractivity contribution is -0.144. The number of carbonyl (C=O) groups excluding carboxylic acids is 3. The van der Waals surface area contributed by atoms with Gasteiger partial charge in [0.05, 0.1) is 17.3 Å². The zero-order valence-corrected chi connectivity index (χ0v) is 21.5. The molecule has 0 saturated carbocycles. The van der Waals surface area contributed by atoms with Crippen molar-refractivity contribution in [2.24, 2.45) is 11.7 Å². The van der Waals surface area contributed by atoms with E-state index in [1.807, 2.05) is 0 Å². The minimum absolute atomic E-state index is 0.0937. The van der Waals surface area contributed by atoms with Gasteiger partial charge in [0, 0.05) is 6.42 Å². The lowest BCUT2D eigenvalue weighted by Crippen LogP contribution is -2.56. The molecule has 0 aliphatic rings. The molecule has 206 valence electrons. The van der Waals surface area contributed by atoms with Crippen molar-refractivity contribution in [1.82, 2.24) is 20.2 Å². The molecule has 3 amide bonds. The molecule has 4 atom stereocenters. The zero-order valence-electron chi connectivity index (χ0n) is 21.5. The number of rotatable bonds is 12. The Morgan fingerprint density at radius 2 is 1.62 bits per heavy atom. The van der Waals surface area contributed by atoms with Crippen molar-refractivity contribution >= 4 is 34.6 Å². The number of carbonyl (C=O) groups is 4. The third kappa shape index (κ3) is 6.98. The molecule has 0 fully saturated rings. The number of nitrogens with two attached hydrogens (primary N) is 1. The van der Waals surface area contributed by atoms with Gasteiger partial charge in [-0.2, -0.15) is 0 Å². The first-order valence-corrected chi connectivity index (χ1v) is 12.4. The highest BCUT2D eigenvalue weighted by molar-refractivity contribution is 5.94. The fourth-order valence-corrected chi connectivity index (χ4v) is 4.21. The van der Waals surface area contributed by atoms with E-state index in [0.717, 1.165) is 4.57 Å². The lowest BCUT2D eigenvalue weighted by Gasteiger charge is -2.26. The Morgan fingerprint density at radius 1 is 0.974 bits per heavy atom. The van der Waals surface area contributed by atoms with Crippen molar-refractivity contribution < 1.29 is 24.3 Å². The molecule has 0 aliphatic heterocycles. The van der Waals surface area contributed by atoms with E-state index in [1.165, 1.54) is 6.07 Å². The first-order valence-electron chi connectivity index (χ1n) is 12.4. The van der Waals surface area contributed by atoms with Crippen molar-refractivity contribution in [2.75, 3.05) is 0 Å². The van der Waals surface area contributed by atoms with Gasteiger partial charge in [0.15, 0.2) is 0 Å². The molecule has 0 unspecified atom stereocenters. The summed E-state index contributed by atoms with van der Waals surface area (Å²) >= 11 is 0. The highest BCUT2D eigenvalue weighted by Crippen LogP contribution is 2.15. The Balaban J connectivity index is 2.02. The normalized spacial score (nSPS) is 14.1. The highest BCUT2D eigenvalue weighted by atomic mass is 16.4. The number of para-hydroxylation sites is 1. The molecular weight excluding hydrogens is 506 g/mol. The number of hydrogen-bond acceptors (Lipinski definition) is 6. The first-order chi connectivity index (χ1) is 18.5. The lowest BCUT2D eigenvalue weighted by atomic mass is 9.98. The number of nitrogens with one attached hydrogen (secondary N) is 3. The number of nitrogens with zero attached hydrogens (tertiary/aromatic N) is 1. The fourth-order valence-electron chi connectivity index (χ4n) is 4.21. The summed E-state index contributed by atoms with van der Waals surface area (Å²) in [6.07, 6.45) is -0.286. The standard InChI is InChI=1S/C27H31N5O7/c1-3-15(2)22(26(37)38)31-23(34)19(14-21(28)33)29-24(35)20(13-16-9-5-4-6-10-16)32-25(36)17-11-7-8-12-18(17)30-27(32)39/h4-12,15,19-20,22H,3,13-14H2,1-2H3,(H2,28,33)(H,29,35)(H,30,39)(H,31,34)(H,37,38)/t15-,19-,20-,22-/m0/s1. The third-order valence-electron chi connectivity index (χ3n) is 6.54. The molecule has 0 aliphatic carbocycles. The van der Waals surface area contributed by atoms with Gasteiger partial charge in [-0.15, -0.1) is 0 Å². The van der Waals surface area contributed by atoms with E-state index >= 15 is 0 Å². The number of hydrogen-bond donors (Lipinski definition) is 5. The van der Waals surface area contributed by atoms with Gasteiger partial charge in [-0.1, -0.05) is 62.7 Å². The van der Waals surface area contributed by atoms with E-state index in [1.54, 1.807) is 62.4 Å². The summed E-state index contributed by atoms with van der Waals surface area (Å²) in [7, 11) is 0. The number of amides is 3. The number of benzene rings is 2. The van der Waals surface area contributed by atoms with Crippen LogP contribution in [-0.4, -0.2) is 50.4 Å². The molecule has 3 aromatic rings. The van der Waals surface area contributed by atoms with Crippen LogP contribution in [0, 0.1) is 5.92 Å². The number of primary amides is 1. The number of carboxylic acids is 1. The van der Waals surface area contributed by atoms with Crippen LogP contribution in [-0.2, 0) is 25.6 Å². The smallest absolute Gasteiger partial charge is 0.329 e. The van der Waals surface area contributed by atoms with Gasteiger partial charge in [0.2, 0.25) is 17.7 Å². The molecule has 1 heterocycles. The maximum Gasteiger partial charge on any atom is 0.329 e. The van der Waals surface area contributed by atoms with Crippen LogP contribution in [0.2, 0.25) is 0 Å². The van der Waals surface area contributed by atoms with Gasteiger partial charge in [-0.25, -0.2) is 14.2 Å². The van der Waals surface area contributed by atoms with E-state index in [2.05, 4.69) is 15.6 Å². The van der Waals surface area contributed by atoms with Crippen molar-refractivity contribution in [2.45, 2.75) is 51.2 Å². The topological polar surface area (TPSA) is 193 Å². The first kappa shape index (κ1) is 28.8. The second kappa shape index (κ2) is 12.7. The molecule has 39 heavy (non-hydrogen) atoms. The molecule has 0 saturated heterocycles. The maximum absolute atomic E-state index is 13.6. The van der Waals surface area contributed by atoms with Crippen LogP contribution in [0.1, 0.15) is 38.3 Å². The van der Waals surface area contributed by atoms with Gasteiger partial charge in [0.25, 0.3) is 5.56 Å². The SMILES string of the molecule is CC[C@H](C)[C@H](NC(=O)[C@H](CC(N)=O)NC(=O)[C@H](Cc1ccccc1)n1c(=O)[nH]c2ccccc2c1=O)C(=O)O. The Kier molecular flexibility index (Phi) is 9.37. The largest absolute Gasteiger partial charge is 0.480 e. The maximum atomic E-state index is 13.6. The molecule has 1 aromatic heterocycles. The van der Waals surface area contributed by atoms with Crippen LogP contribution >= 0.6 is 0 Å². The van der Waals surface area contributed by atoms with E-state index in [0.29, 0.717) is 17.5 Å².